The molecule has 1 fully saturated rings. The Balaban J connectivity index is 2.34. The van der Waals surface area contributed by atoms with Crippen LogP contribution in [-0.4, -0.2) is 29.1 Å². The summed E-state index contributed by atoms with van der Waals surface area (Å²) in [4.78, 5) is 13.6. The molecule has 1 heterocycles. The van der Waals surface area contributed by atoms with Crippen molar-refractivity contribution < 1.29 is 9.90 Å². The third kappa shape index (κ3) is 2.34. The van der Waals surface area contributed by atoms with E-state index in [1.54, 1.807) is 0 Å². The van der Waals surface area contributed by atoms with E-state index in [-0.39, 0.29) is 12.0 Å². The Morgan fingerprint density at radius 3 is 2.88 bits per heavy atom. The van der Waals surface area contributed by atoms with E-state index < -0.39 is 5.97 Å². The average Bonchev–Trinajstić information content (AvgIpc) is 2.72. The van der Waals surface area contributed by atoms with E-state index in [1.807, 2.05) is 25.1 Å². The van der Waals surface area contributed by atoms with Gasteiger partial charge in [0.05, 0.1) is 5.92 Å². The molecule has 1 aromatic rings. The van der Waals surface area contributed by atoms with Gasteiger partial charge in [-0.25, -0.2) is 0 Å². The predicted molar refractivity (Wildman–Crippen MR) is 66.9 cm³/mol. The minimum absolute atomic E-state index is 0.0393. The van der Waals surface area contributed by atoms with Crippen LogP contribution in [0.1, 0.15) is 30.5 Å². The number of carboxylic acids is 1. The van der Waals surface area contributed by atoms with Gasteiger partial charge in [-0.1, -0.05) is 36.8 Å². The van der Waals surface area contributed by atoms with Crippen LogP contribution in [0.5, 0.6) is 0 Å². The van der Waals surface area contributed by atoms with Crippen molar-refractivity contribution in [3.63, 3.8) is 0 Å². The first-order valence-electron chi connectivity index (χ1n) is 6.17. The molecule has 1 N–H and O–H groups in total. The van der Waals surface area contributed by atoms with Crippen molar-refractivity contribution in [2.24, 2.45) is 5.92 Å². The van der Waals surface area contributed by atoms with Crippen molar-refractivity contribution >= 4 is 5.97 Å². The number of likely N-dealkylation sites (tertiary alicyclic amines) is 1. The number of nitrogens with zero attached hydrogens (tertiary/aromatic N) is 1. The zero-order chi connectivity index (χ0) is 12.4. The summed E-state index contributed by atoms with van der Waals surface area (Å²) in [5.41, 5.74) is 2.33. The normalized spacial score (nSPS) is 25.1. The summed E-state index contributed by atoms with van der Waals surface area (Å²) in [6.07, 6.45) is 0.752. The van der Waals surface area contributed by atoms with Crippen molar-refractivity contribution in [1.29, 1.82) is 0 Å². The second-order valence-corrected chi connectivity index (χ2v) is 4.72. The molecule has 0 unspecified atom stereocenters. The molecule has 0 aromatic heterocycles. The van der Waals surface area contributed by atoms with Gasteiger partial charge in [0.2, 0.25) is 0 Å². The fourth-order valence-corrected chi connectivity index (χ4v) is 2.77. The number of aryl methyl sites for hydroxylation is 1. The molecule has 1 aliphatic heterocycles. The number of hydrogen-bond acceptors (Lipinski definition) is 2. The van der Waals surface area contributed by atoms with Crippen molar-refractivity contribution in [3.8, 4) is 0 Å². The summed E-state index contributed by atoms with van der Waals surface area (Å²) in [5.74, 6) is -0.941. The molecule has 3 nitrogen and oxygen atoms in total. The van der Waals surface area contributed by atoms with E-state index in [4.69, 9.17) is 0 Å². The second kappa shape index (κ2) is 4.88. The van der Waals surface area contributed by atoms with Gasteiger partial charge in [0.25, 0.3) is 0 Å². The van der Waals surface area contributed by atoms with Gasteiger partial charge < -0.3 is 5.11 Å². The topological polar surface area (TPSA) is 40.5 Å². The average molecular weight is 233 g/mol. The van der Waals surface area contributed by atoms with Gasteiger partial charge in [0, 0.05) is 6.04 Å². The fourth-order valence-electron chi connectivity index (χ4n) is 2.77. The Hall–Kier alpha value is -1.35. The molecule has 0 saturated carbocycles. The minimum atomic E-state index is -0.674. The second-order valence-electron chi connectivity index (χ2n) is 4.72. The molecule has 0 radical (unpaired) electrons. The number of hydrogen-bond donors (Lipinski definition) is 1. The first kappa shape index (κ1) is 12.1. The maximum Gasteiger partial charge on any atom is 0.308 e. The number of carbonyl (C=O) groups is 1. The third-order valence-corrected chi connectivity index (χ3v) is 3.61. The zero-order valence-electron chi connectivity index (χ0n) is 10.4. The maximum absolute atomic E-state index is 11.3. The van der Waals surface area contributed by atoms with Crippen LogP contribution in [0.25, 0.3) is 0 Å². The van der Waals surface area contributed by atoms with Crippen LogP contribution in [0.2, 0.25) is 0 Å². The third-order valence-electron chi connectivity index (χ3n) is 3.61. The molecule has 0 bridgehead atoms. The van der Waals surface area contributed by atoms with Crippen LogP contribution in [0.3, 0.4) is 0 Å². The number of carboxylic acid groups (broad SMARTS) is 1. The van der Waals surface area contributed by atoms with Crippen LogP contribution in [0, 0.1) is 12.8 Å². The van der Waals surface area contributed by atoms with Crippen LogP contribution >= 0.6 is 0 Å². The lowest BCUT2D eigenvalue weighted by molar-refractivity contribution is -0.142. The van der Waals surface area contributed by atoms with Gasteiger partial charge in [-0.2, -0.15) is 0 Å². The first-order chi connectivity index (χ1) is 8.13. The molecule has 17 heavy (non-hydrogen) atoms. The van der Waals surface area contributed by atoms with Crippen LogP contribution in [0.4, 0.5) is 0 Å². The molecule has 0 amide bonds. The summed E-state index contributed by atoms with van der Waals surface area (Å²) in [6.45, 7) is 5.92. The smallest absolute Gasteiger partial charge is 0.308 e. The molecule has 0 aliphatic carbocycles. The molecule has 2 atom stereocenters. The lowest BCUT2D eigenvalue weighted by Crippen LogP contribution is -2.28. The van der Waals surface area contributed by atoms with E-state index in [0.717, 1.165) is 25.1 Å². The van der Waals surface area contributed by atoms with Gasteiger partial charge in [-0.15, -0.1) is 0 Å². The van der Waals surface area contributed by atoms with Gasteiger partial charge in [-0.3, -0.25) is 9.69 Å². The van der Waals surface area contributed by atoms with E-state index in [2.05, 4.69) is 17.9 Å². The molecule has 1 aromatic carbocycles. The molecule has 0 spiro atoms. The number of rotatable bonds is 3. The molecule has 3 heteroatoms. The Kier molecular flexibility index (Phi) is 3.48. The standard InChI is InChI=1S/C14H19NO2/c1-3-15-8-7-12(14(16)17)13(15)11-6-4-5-10(2)9-11/h4-6,9,12-13H,3,7-8H2,1-2H3,(H,16,17)/t12-,13+/m0/s1. The Labute approximate surface area is 102 Å². The summed E-state index contributed by atoms with van der Waals surface area (Å²) < 4.78 is 0. The maximum atomic E-state index is 11.3. The quantitative estimate of drug-likeness (QED) is 0.871. The highest BCUT2D eigenvalue weighted by Gasteiger charge is 2.38. The Bertz CT molecular complexity index is 416. The SMILES string of the molecule is CCN1CC[C@H](C(=O)O)[C@H]1c1cccc(C)c1. The molecule has 2 rings (SSSR count). The monoisotopic (exact) mass is 233 g/mol. The molecular formula is C14H19NO2. The zero-order valence-corrected chi connectivity index (χ0v) is 10.4. The lowest BCUT2D eigenvalue weighted by Gasteiger charge is -2.26. The van der Waals surface area contributed by atoms with Crippen molar-refractivity contribution in [3.05, 3.63) is 35.4 Å². The highest BCUT2D eigenvalue weighted by molar-refractivity contribution is 5.71. The summed E-state index contributed by atoms with van der Waals surface area (Å²) >= 11 is 0. The van der Waals surface area contributed by atoms with E-state index in [0.29, 0.717) is 0 Å². The Morgan fingerprint density at radius 2 is 2.29 bits per heavy atom. The van der Waals surface area contributed by atoms with Crippen molar-refractivity contribution in [2.45, 2.75) is 26.3 Å². The van der Waals surface area contributed by atoms with Crippen molar-refractivity contribution in [2.75, 3.05) is 13.1 Å². The van der Waals surface area contributed by atoms with Gasteiger partial charge in [0.1, 0.15) is 0 Å². The van der Waals surface area contributed by atoms with Crippen LogP contribution in [-0.2, 0) is 4.79 Å². The molecular weight excluding hydrogens is 214 g/mol. The predicted octanol–water partition coefficient (Wildman–Crippen LogP) is 2.46. The molecule has 1 saturated heterocycles. The summed E-state index contributed by atoms with van der Waals surface area (Å²) in [5, 5.41) is 9.30. The summed E-state index contributed by atoms with van der Waals surface area (Å²) in [6, 6.07) is 8.24. The van der Waals surface area contributed by atoms with Gasteiger partial charge in [0.15, 0.2) is 0 Å². The Morgan fingerprint density at radius 1 is 1.53 bits per heavy atom. The number of benzene rings is 1. The van der Waals surface area contributed by atoms with E-state index in [1.165, 1.54) is 5.56 Å². The summed E-state index contributed by atoms with van der Waals surface area (Å²) in [7, 11) is 0. The molecule has 92 valence electrons. The van der Waals surface area contributed by atoms with Gasteiger partial charge >= 0.3 is 5.97 Å². The van der Waals surface area contributed by atoms with Crippen LogP contribution in [0.15, 0.2) is 24.3 Å². The van der Waals surface area contributed by atoms with Crippen molar-refractivity contribution in [1.82, 2.24) is 4.90 Å². The largest absolute Gasteiger partial charge is 0.481 e. The van der Waals surface area contributed by atoms with Gasteiger partial charge in [-0.05, 0) is 32.0 Å². The lowest BCUT2D eigenvalue weighted by atomic mass is 9.93. The fraction of sp³-hybridized carbons (Fsp3) is 0.500. The first-order valence-corrected chi connectivity index (χ1v) is 6.17. The van der Waals surface area contributed by atoms with Crippen LogP contribution < -0.4 is 0 Å². The number of aliphatic carboxylic acids is 1. The van der Waals surface area contributed by atoms with E-state index in [9.17, 15) is 9.90 Å². The molecule has 1 aliphatic rings. The highest BCUT2D eigenvalue weighted by Crippen LogP contribution is 2.37. The minimum Gasteiger partial charge on any atom is -0.481 e. The highest BCUT2D eigenvalue weighted by atomic mass is 16.4. The van der Waals surface area contributed by atoms with E-state index >= 15 is 0 Å².